The molecule has 0 unspecified atom stereocenters. The van der Waals surface area contributed by atoms with E-state index in [-0.39, 0.29) is 34.6 Å². The van der Waals surface area contributed by atoms with Gasteiger partial charge in [0.05, 0.1) is 28.0 Å². The number of amidine groups is 1. The molecule has 10 nitrogen and oxygen atoms in total. The number of hydrogen-bond acceptors (Lipinski definition) is 7. The van der Waals surface area contributed by atoms with Crippen LogP contribution in [-0.4, -0.2) is 51.7 Å². The van der Waals surface area contributed by atoms with E-state index in [1.165, 1.54) is 30.2 Å². The van der Waals surface area contributed by atoms with E-state index in [0.717, 1.165) is 28.5 Å². The number of amides is 3. The van der Waals surface area contributed by atoms with Crippen LogP contribution >= 0.6 is 34.4 Å². The summed E-state index contributed by atoms with van der Waals surface area (Å²) < 4.78 is 12.3. The Labute approximate surface area is 331 Å². The van der Waals surface area contributed by atoms with Gasteiger partial charge in [0, 0.05) is 5.70 Å². The normalized spacial score (nSPS) is 14.0. The maximum Gasteiger partial charge on any atom is 0.335 e. The van der Waals surface area contributed by atoms with Crippen LogP contribution < -0.4 is 14.8 Å². The molecule has 0 bridgehead atoms. The predicted molar refractivity (Wildman–Crippen MR) is 219 cm³/mol. The summed E-state index contributed by atoms with van der Waals surface area (Å²) >= 11 is 3.06. The Balaban J connectivity index is 1.40. The number of carbonyl (C=O) groups excluding carboxylic acids is 3. The highest BCUT2D eigenvalue weighted by Gasteiger charge is 2.35. The van der Waals surface area contributed by atoms with Gasteiger partial charge >= 0.3 is 5.97 Å². The van der Waals surface area contributed by atoms with Crippen molar-refractivity contribution in [3.63, 3.8) is 0 Å². The van der Waals surface area contributed by atoms with Crippen LogP contribution in [0.25, 0.3) is 6.08 Å². The first-order valence-corrected chi connectivity index (χ1v) is 18.7. The zero-order valence-electron chi connectivity index (χ0n) is 29.4. The summed E-state index contributed by atoms with van der Waals surface area (Å²) in [4.78, 5) is 58.0. The number of nitrogens with zero attached hydrogens (tertiary/aromatic N) is 2. The maximum atomic E-state index is 14.2. The van der Waals surface area contributed by atoms with Gasteiger partial charge in [0.1, 0.15) is 12.2 Å². The van der Waals surface area contributed by atoms with Crippen molar-refractivity contribution < 1.29 is 33.8 Å². The number of hydrogen-bond donors (Lipinski definition) is 2. The number of halogens is 1. The van der Waals surface area contributed by atoms with E-state index < -0.39 is 23.8 Å². The number of benzene rings is 4. The van der Waals surface area contributed by atoms with E-state index in [9.17, 15) is 24.3 Å². The Hall–Kier alpha value is -5.73. The minimum Gasteiger partial charge on any atom is -0.493 e. The van der Waals surface area contributed by atoms with Crippen LogP contribution in [0.3, 0.4) is 0 Å². The Bertz CT molecular complexity index is 2130. The average molecular weight is 854 g/mol. The summed E-state index contributed by atoms with van der Waals surface area (Å²) in [5.41, 5.74) is 3.48. The van der Waals surface area contributed by atoms with Gasteiger partial charge in [-0.1, -0.05) is 109 Å². The summed E-state index contributed by atoms with van der Waals surface area (Å²) in [6.45, 7) is 5.63. The third kappa shape index (κ3) is 9.82. The standard InChI is InChI=1S/C42H36IN3O7S/c1-4-6-17-32(5-2)46-40(49)33(22-28-23-34(43)38(35(24-28)52-3)53-25-27-18-20-31(21-19-27)41(50)51)39(48)45-42(46)54-26-36(47)44-37(29-13-9-7-10-14-29)30-15-11-8-12-16-30/h4-24,37H,1,25-26H2,2-3H3,(H,44,47)(H,50,51)/b17-6-,32-5+,33-22+. The zero-order valence-corrected chi connectivity index (χ0v) is 32.4. The minimum absolute atomic E-state index is 0.0578. The average Bonchev–Trinajstić information content (AvgIpc) is 3.18. The Morgan fingerprint density at radius 1 is 1.00 bits per heavy atom. The fourth-order valence-corrected chi connectivity index (χ4v) is 7.01. The number of aromatic carboxylic acids is 1. The van der Waals surface area contributed by atoms with Crippen molar-refractivity contribution >= 4 is 69.3 Å². The van der Waals surface area contributed by atoms with Gasteiger partial charge in [-0.2, -0.15) is 4.99 Å². The van der Waals surface area contributed by atoms with Crippen LogP contribution in [0.4, 0.5) is 0 Å². The lowest BCUT2D eigenvalue weighted by Gasteiger charge is -2.28. The first-order chi connectivity index (χ1) is 26.1. The number of rotatable bonds is 14. The number of carboxylic acids is 1. The summed E-state index contributed by atoms with van der Waals surface area (Å²) in [6, 6.07) is 28.5. The van der Waals surface area contributed by atoms with E-state index in [4.69, 9.17) is 9.47 Å². The molecule has 5 rings (SSSR count). The smallest absolute Gasteiger partial charge is 0.335 e. The fraction of sp³-hybridized carbons (Fsp3) is 0.119. The molecule has 2 N–H and O–H groups in total. The molecule has 0 saturated heterocycles. The van der Waals surface area contributed by atoms with Gasteiger partial charge in [-0.15, -0.1) is 0 Å². The van der Waals surface area contributed by atoms with Crippen LogP contribution in [0.5, 0.6) is 11.5 Å². The van der Waals surface area contributed by atoms with E-state index in [2.05, 4.69) is 39.5 Å². The molecule has 0 fully saturated rings. The van der Waals surface area contributed by atoms with Crippen molar-refractivity contribution in [3.05, 3.63) is 171 Å². The number of carbonyl (C=O) groups is 4. The van der Waals surface area contributed by atoms with E-state index in [0.29, 0.717) is 26.3 Å². The van der Waals surface area contributed by atoms with Crippen molar-refractivity contribution in [2.75, 3.05) is 12.9 Å². The molecular weight excluding hydrogens is 817 g/mol. The van der Waals surface area contributed by atoms with Gasteiger partial charge in [-0.25, -0.2) is 4.79 Å². The molecule has 0 aromatic heterocycles. The molecule has 1 aliphatic rings. The number of allylic oxidation sites excluding steroid dienone is 4. The number of carboxylic acid groups (broad SMARTS) is 1. The minimum atomic E-state index is -1.02. The van der Waals surface area contributed by atoms with Gasteiger partial charge in [0.2, 0.25) is 5.91 Å². The van der Waals surface area contributed by atoms with Crippen molar-refractivity contribution in [1.82, 2.24) is 10.2 Å². The molecule has 0 aliphatic carbocycles. The van der Waals surface area contributed by atoms with Crippen LogP contribution in [0.15, 0.2) is 144 Å². The molecule has 12 heteroatoms. The molecule has 1 heterocycles. The Kier molecular flexibility index (Phi) is 13.8. The van der Waals surface area contributed by atoms with Gasteiger partial charge in [0.15, 0.2) is 16.7 Å². The highest BCUT2D eigenvalue weighted by atomic mass is 127. The lowest BCUT2D eigenvalue weighted by Crippen LogP contribution is -2.42. The van der Waals surface area contributed by atoms with Gasteiger partial charge < -0.3 is 19.9 Å². The highest BCUT2D eigenvalue weighted by Crippen LogP contribution is 2.36. The third-order valence-corrected chi connectivity index (χ3v) is 9.80. The van der Waals surface area contributed by atoms with Crippen LogP contribution in [-0.2, 0) is 21.0 Å². The molecule has 4 aromatic rings. The Morgan fingerprint density at radius 2 is 1.65 bits per heavy atom. The monoisotopic (exact) mass is 853 g/mol. The van der Waals surface area contributed by atoms with Gasteiger partial charge in [-0.05, 0) is 88.2 Å². The van der Waals surface area contributed by atoms with Crippen LogP contribution in [0, 0.1) is 3.57 Å². The maximum absolute atomic E-state index is 14.2. The predicted octanol–water partition coefficient (Wildman–Crippen LogP) is 7.97. The number of aliphatic imine (C=N–C) groups is 1. The molecule has 1 aliphatic heterocycles. The first-order valence-electron chi connectivity index (χ1n) is 16.6. The van der Waals surface area contributed by atoms with Crippen LogP contribution in [0.2, 0.25) is 0 Å². The number of ether oxygens (including phenoxy) is 2. The zero-order chi connectivity index (χ0) is 38.6. The lowest BCUT2D eigenvalue weighted by atomic mass is 9.99. The molecule has 0 saturated carbocycles. The quantitative estimate of drug-likeness (QED) is 0.0565. The molecule has 3 amide bonds. The third-order valence-electron chi connectivity index (χ3n) is 8.06. The second kappa shape index (κ2) is 18.9. The van der Waals surface area contributed by atoms with Gasteiger partial charge in [0.25, 0.3) is 11.8 Å². The summed E-state index contributed by atoms with van der Waals surface area (Å²) in [6.07, 6.45) is 8.04. The first kappa shape index (κ1) is 39.5. The number of nitrogens with one attached hydrogen (secondary N) is 1. The van der Waals surface area contributed by atoms with E-state index in [1.807, 2.05) is 60.7 Å². The molecule has 54 heavy (non-hydrogen) atoms. The second-order valence-electron chi connectivity index (χ2n) is 11.6. The molecule has 0 atom stereocenters. The van der Waals surface area contributed by atoms with Crippen LogP contribution in [0.1, 0.15) is 45.6 Å². The summed E-state index contributed by atoms with van der Waals surface area (Å²) in [5, 5.41) is 12.3. The Morgan fingerprint density at radius 3 is 2.22 bits per heavy atom. The topological polar surface area (TPSA) is 135 Å². The fourth-order valence-electron chi connectivity index (χ4n) is 5.42. The van der Waals surface area contributed by atoms with Gasteiger partial charge in [-0.3, -0.25) is 19.3 Å². The number of thioether (sulfide) groups is 1. The molecular formula is C42H36IN3O7S. The summed E-state index contributed by atoms with van der Waals surface area (Å²) in [5.74, 6) is -2.02. The van der Waals surface area contributed by atoms with E-state index >= 15 is 0 Å². The van der Waals surface area contributed by atoms with Crippen molar-refractivity contribution in [2.24, 2.45) is 4.99 Å². The SMILES string of the molecule is C=C/C=C\C(=C/C)N1C(=O)/C(=C/c2cc(I)c(OCc3ccc(C(=O)O)cc3)c(OC)c2)C(=O)N=C1SCC(=O)NC(c1ccccc1)c1ccccc1. The van der Waals surface area contributed by atoms with Crippen molar-refractivity contribution in [3.8, 4) is 11.5 Å². The lowest BCUT2D eigenvalue weighted by molar-refractivity contribution is -0.126. The molecule has 0 spiro atoms. The second-order valence-corrected chi connectivity index (χ2v) is 13.7. The molecule has 0 radical (unpaired) electrons. The van der Waals surface area contributed by atoms with Crippen molar-refractivity contribution in [1.29, 1.82) is 0 Å². The number of methoxy groups -OCH3 is 1. The summed E-state index contributed by atoms with van der Waals surface area (Å²) in [7, 11) is 1.48. The highest BCUT2D eigenvalue weighted by molar-refractivity contribution is 14.1. The van der Waals surface area contributed by atoms with Crippen molar-refractivity contribution in [2.45, 2.75) is 19.6 Å². The largest absolute Gasteiger partial charge is 0.493 e. The van der Waals surface area contributed by atoms with E-state index in [1.54, 1.807) is 55.5 Å². The molecule has 274 valence electrons. The molecule has 4 aromatic carbocycles.